The summed E-state index contributed by atoms with van der Waals surface area (Å²) in [4.78, 5) is 6.25. The molecule has 158 valence electrons. The van der Waals surface area contributed by atoms with Gasteiger partial charge in [-0.1, -0.05) is 43.7 Å². The van der Waals surface area contributed by atoms with Crippen molar-refractivity contribution in [3.8, 4) is 5.75 Å². The molecule has 1 aliphatic heterocycles. The molecule has 0 aromatic heterocycles. The lowest BCUT2D eigenvalue weighted by atomic mass is 10.1. The molecule has 2 aromatic rings. The van der Waals surface area contributed by atoms with Crippen LogP contribution in [0.25, 0.3) is 0 Å². The van der Waals surface area contributed by atoms with E-state index in [1.54, 1.807) is 29.3 Å². The van der Waals surface area contributed by atoms with Crippen LogP contribution in [0.3, 0.4) is 0 Å². The monoisotopic (exact) mass is 417 g/mol. The average Bonchev–Trinajstić information content (AvgIpc) is 2.75. The molecule has 1 fully saturated rings. The van der Waals surface area contributed by atoms with Crippen LogP contribution >= 0.6 is 0 Å². The minimum atomic E-state index is -3.50. The van der Waals surface area contributed by atoms with E-state index in [-0.39, 0.29) is 0 Å². The first kappa shape index (κ1) is 21.8. The molecule has 1 aliphatic rings. The fraction of sp³-hybridized carbons (Fsp3) is 0.478. The van der Waals surface area contributed by atoms with Crippen molar-refractivity contribution in [2.75, 3.05) is 19.8 Å². The maximum atomic E-state index is 13.2. The Labute approximate surface area is 174 Å². The van der Waals surface area contributed by atoms with E-state index in [4.69, 9.17) is 9.57 Å². The molecule has 0 bridgehead atoms. The number of benzene rings is 2. The van der Waals surface area contributed by atoms with Gasteiger partial charge in [-0.3, -0.25) is 4.84 Å². The van der Waals surface area contributed by atoms with Gasteiger partial charge in [-0.15, -0.1) is 0 Å². The summed E-state index contributed by atoms with van der Waals surface area (Å²) in [5.74, 6) is 0.706. The summed E-state index contributed by atoms with van der Waals surface area (Å²) in [5.41, 5.74) is 1.18. The van der Waals surface area contributed by atoms with Gasteiger partial charge in [0.2, 0.25) is 0 Å². The van der Waals surface area contributed by atoms with E-state index < -0.39 is 15.2 Å². The largest absolute Gasteiger partial charge is 0.494 e. The van der Waals surface area contributed by atoms with Crippen LogP contribution in [0.2, 0.25) is 0 Å². The van der Waals surface area contributed by atoms with Crippen LogP contribution in [0.15, 0.2) is 59.5 Å². The molecule has 5 nitrogen and oxygen atoms in total. The molecule has 1 heterocycles. The highest BCUT2D eigenvalue weighted by atomic mass is 32.2. The van der Waals surface area contributed by atoms with Crippen LogP contribution in [-0.4, -0.2) is 38.6 Å². The van der Waals surface area contributed by atoms with Crippen molar-refractivity contribution in [3.63, 3.8) is 0 Å². The molecule has 0 saturated carbocycles. The minimum Gasteiger partial charge on any atom is -0.494 e. The Balaban J connectivity index is 1.63. The van der Waals surface area contributed by atoms with Gasteiger partial charge in [-0.2, -0.15) is 5.06 Å². The molecule has 1 atom stereocenters. The lowest BCUT2D eigenvalue weighted by Crippen LogP contribution is -2.44. The van der Waals surface area contributed by atoms with Gasteiger partial charge >= 0.3 is 0 Å². The van der Waals surface area contributed by atoms with Gasteiger partial charge in [0, 0.05) is 6.54 Å². The second-order valence-corrected chi connectivity index (χ2v) is 9.48. The number of sulfone groups is 1. The first-order valence-electron chi connectivity index (χ1n) is 10.5. The molecule has 29 heavy (non-hydrogen) atoms. The predicted molar refractivity (Wildman–Crippen MR) is 114 cm³/mol. The summed E-state index contributed by atoms with van der Waals surface area (Å²) >= 11 is 0. The van der Waals surface area contributed by atoms with Crippen molar-refractivity contribution in [2.45, 2.75) is 55.7 Å². The summed E-state index contributed by atoms with van der Waals surface area (Å²) in [7, 11) is -3.50. The molecular formula is C23H31NO4S. The van der Waals surface area contributed by atoms with Gasteiger partial charge in [0.05, 0.1) is 18.1 Å². The van der Waals surface area contributed by atoms with E-state index in [0.29, 0.717) is 36.8 Å². The number of ether oxygens (including phenoxy) is 1. The maximum Gasteiger partial charge on any atom is 0.196 e. The van der Waals surface area contributed by atoms with Gasteiger partial charge in [-0.25, -0.2) is 8.42 Å². The lowest BCUT2D eigenvalue weighted by Gasteiger charge is -2.34. The van der Waals surface area contributed by atoms with E-state index >= 15 is 0 Å². The normalized spacial score (nSPS) is 17.9. The molecule has 2 aromatic carbocycles. The number of unbranched alkanes of at least 4 members (excludes halogenated alkanes) is 1. The zero-order valence-electron chi connectivity index (χ0n) is 17.1. The van der Waals surface area contributed by atoms with E-state index in [1.807, 2.05) is 18.2 Å². The maximum absolute atomic E-state index is 13.2. The topological polar surface area (TPSA) is 55.8 Å². The molecule has 0 radical (unpaired) electrons. The van der Waals surface area contributed by atoms with Crippen LogP contribution in [-0.2, 0) is 21.1 Å². The molecule has 1 saturated heterocycles. The molecular weight excluding hydrogens is 386 g/mol. The van der Waals surface area contributed by atoms with Crippen LogP contribution in [0.5, 0.6) is 5.75 Å². The fourth-order valence-corrected chi connectivity index (χ4v) is 5.26. The number of hydrogen-bond donors (Lipinski definition) is 0. The highest BCUT2D eigenvalue weighted by Crippen LogP contribution is 2.28. The molecule has 3 rings (SSSR count). The van der Waals surface area contributed by atoms with Crippen LogP contribution in [0.1, 0.15) is 44.6 Å². The third-order valence-corrected chi connectivity index (χ3v) is 7.28. The Hall–Kier alpha value is -1.89. The van der Waals surface area contributed by atoms with Gasteiger partial charge in [0.25, 0.3) is 0 Å². The van der Waals surface area contributed by atoms with Gasteiger partial charge in [0.1, 0.15) is 11.1 Å². The minimum absolute atomic E-state index is 0.323. The third-order valence-electron chi connectivity index (χ3n) is 5.17. The second kappa shape index (κ2) is 10.8. The zero-order chi connectivity index (χ0) is 20.5. The van der Waals surface area contributed by atoms with Crippen molar-refractivity contribution < 1.29 is 18.0 Å². The van der Waals surface area contributed by atoms with Crippen molar-refractivity contribution in [1.82, 2.24) is 5.06 Å². The first-order valence-corrected chi connectivity index (χ1v) is 12.1. The standard InChI is InChI=1S/C23H31NO4S/c1-2-3-18-27-21-12-14-22(15-13-21)29(25,26)23-11-7-8-17-24(23)28-19-16-20-9-5-4-6-10-20/h4-6,9-10,12-15,23H,2-3,7-8,11,16-19H2,1H3. The number of hydroxylamine groups is 2. The number of nitrogens with zero attached hydrogens (tertiary/aromatic N) is 1. The lowest BCUT2D eigenvalue weighted by molar-refractivity contribution is -0.178. The average molecular weight is 418 g/mol. The van der Waals surface area contributed by atoms with Gasteiger partial charge in [-0.05, 0) is 61.9 Å². The number of rotatable bonds is 10. The van der Waals surface area contributed by atoms with Crippen molar-refractivity contribution in [3.05, 3.63) is 60.2 Å². The number of piperidine rings is 1. The molecule has 0 N–H and O–H groups in total. The summed E-state index contributed by atoms with van der Waals surface area (Å²) in [6.45, 7) is 3.86. The Morgan fingerprint density at radius 2 is 1.76 bits per heavy atom. The Kier molecular flexibility index (Phi) is 8.09. The zero-order valence-corrected chi connectivity index (χ0v) is 17.9. The van der Waals surface area contributed by atoms with E-state index in [2.05, 4.69) is 19.1 Å². The van der Waals surface area contributed by atoms with Crippen molar-refractivity contribution in [2.24, 2.45) is 0 Å². The van der Waals surface area contributed by atoms with E-state index in [9.17, 15) is 8.42 Å². The van der Waals surface area contributed by atoms with Gasteiger partial charge in [0.15, 0.2) is 9.84 Å². The van der Waals surface area contributed by atoms with Crippen LogP contribution in [0, 0.1) is 0 Å². The summed E-state index contributed by atoms with van der Waals surface area (Å²) in [6.07, 6.45) is 5.23. The second-order valence-electron chi connectivity index (χ2n) is 7.38. The summed E-state index contributed by atoms with van der Waals surface area (Å²) in [5, 5.41) is 1.03. The highest BCUT2D eigenvalue weighted by Gasteiger charge is 2.35. The molecule has 6 heteroatoms. The molecule has 0 spiro atoms. The third kappa shape index (κ3) is 6.04. The van der Waals surface area contributed by atoms with Crippen LogP contribution in [0.4, 0.5) is 0 Å². The summed E-state index contributed by atoms with van der Waals surface area (Å²) in [6, 6.07) is 16.9. The fourth-order valence-electron chi connectivity index (χ4n) is 3.47. The van der Waals surface area contributed by atoms with Gasteiger partial charge < -0.3 is 4.74 Å². The number of hydrogen-bond acceptors (Lipinski definition) is 5. The summed E-state index contributed by atoms with van der Waals surface area (Å²) < 4.78 is 32.1. The predicted octanol–water partition coefficient (Wildman–Crippen LogP) is 4.63. The molecule has 0 amide bonds. The molecule has 1 unspecified atom stereocenters. The Morgan fingerprint density at radius 3 is 2.48 bits per heavy atom. The van der Waals surface area contributed by atoms with E-state index in [0.717, 1.165) is 32.1 Å². The van der Waals surface area contributed by atoms with Crippen molar-refractivity contribution >= 4 is 9.84 Å². The molecule has 0 aliphatic carbocycles. The Bertz CT molecular complexity index is 837. The smallest absolute Gasteiger partial charge is 0.196 e. The van der Waals surface area contributed by atoms with Crippen LogP contribution < -0.4 is 4.74 Å². The SMILES string of the molecule is CCCCOc1ccc(S(=O)(=O)C2CCCCN2OCCc2ccccc2)cc1. The quantitative estimate of drug-likeness (QED) is 0.528. The Morgan fingerprint density at radius 1 is 1.00 bits per heavy atom. The first-order chi connectivity index (χ1) is 14.1. The highest BCUT2D eigenvalue weighted by molar-refractivity contribution is 7.92. The van der Waals surface area contributed by atoms with E-state index in [1.165, 1.54) is 5.56 Å². The van der Waals surface area contributed by atoms with Crippen molar-refractivity contribution in [1.29, 1.82) is 0 Å².